The second-order valence-electron chi connectivity index (χ2n) is 4.23. The van der Waals surface area contributed by atoms with E-state index in [4.69, 9.17) is 5.73 Å². The molecule has 0 aliphatic rings. The monoisotopic (exact) mass is 241 g/mol. The van der Waals surface area contributed by atoms with Crippen molar-refractivity contribution in [1.29, 1.82) is 0 Å². The molecule has 0 saturated heterocycles. The van der Waals surface area contributed by atoms with E-state index >= 15 is 0 Å². The molecule has 4 nitrogen and oxygen atoms in total. The lowest BCUT2D eigenvalue weighted by atomic mass is 10.1. The van der Waals surface area contributed by atoms with Gasteiger partial charge >= 0.3 is 0 Å². The van der Waals surface area contributed by atoms with Crippen molar-refractivity contribution < 1.29 is 4.79 Å². The van der Waals surface area contributed by atoms with Gasteiger partial charge in [-0.1, -0.05) is 6.07 Å². The summed E-state index contributed by atoms with van der Waals surface area (Å²) in [5, 5.41) is 2.80. The summed E-state index contributed by atoms with van der Waals surface area (Å²) in [6.45, 7) is 4.03. The highest BCUT2D eigenvalue weighted by Crippen LogP contribution is 2.15. The first-order valence-electron chi connectivity index (χ1n) is 5.66. The van der Waals surface area contributed by atoms with E-state index in [0.29, 0.717) is 11.4 Å². The average Bonchev–Trinajstić information content (AvgIpc) is 2.34. The SMILES string of the molecule is Cc1ccc(NC(=O)c2cc(N)ccn2)cc1C. The lowest BCUT2D eigenvalue weighted by Crippen LogP contribution is -2.14. The van der Waals surface area contributed by atoms with Crippen LogP contribution < -0.4 is 11.1 Å². The number of amides is 1. The fourth-order valence-electron chi connectivity index (χ4n) is 1.59. The fraction of sp³-hybridized carbons (Fsp3) is 0.143. The van der Waals surface area contributed by atoms with Crippen LogP contribution in [-0.4, -0.2) is 10.9 Å². The molecule has 1 aromatic carbocycles. The maximum absolute atomic E-state index is 11.9. The van der Waals surface area contributed by atoms with Gasteiger partial charge in [0.2, 0.25) is 0 Å². The first-order chi connectivity index (χ1) is 8.56. The smallest absolute Gasteiger partial charge is 0.274 e. The van der Waals surface area contributed by atoms with Gasteiger partial charge in [-0.05, 0) is 49.2 Å². The lowest BCUT2D eigenvalue weighted by molar-refractivity contribution is 0.102. The Morgan fingerprint density at radius 2 is 1.94 bits per heavy atom. The van der Waals surface area contributed by atoms with Gasteiger partial charge < -0.3 is 11.1 Å². The summed E-state index contributed by atoms with van der Waals surface area (Å²) in [4.78, 5) is 15.9. The summed E-state index contributed by atoms with van der Waals surface area (Å²) in [5.74, 6) is -0.259. The average molecular weight is 241 g/mol. The van der Waals surface area contributed by atoms with E-state index in [2.05, 4.69) is 10.3 Å². The molecule has 0 aliphatic heterocycles. The van der Waals surface area contributed by atoms with Crippen LogP contribution in [0.2, 0.25) is 0 Å². The molecule has 1 aromatic heterocycles. The number of pyridine rings is 1. The summed E-state index contributed by atoms with van der Waals surface area (Å²) >= 11 is 0. The number of carbonyl (C=O) groups is 1. The zero-order chi connectivity index (χ0) is 13.1. The molecule has 0 fully saturated rings. The van der Waals surface area contributed by atoms with Crippen LogP contribution in [0, 0.1) is 13.8 Å². The number of carbonyl (C=O) groups excluding carboxylic acids is 1. The first kappa shape index (κ1) is 12.1. The second kappa shape index (κ2) is 4.87. The summed E-state index contributed by atoms with van der Waals surface area (Å²) in [6, 6.07) is 8.97. The summed E-state index contributed by atoms with van der Waals surface area (Å²) in [6.07, 6.45) is 1.52. The quantitative estimate of drug-likeness (QED) is 0.849. The van der Waals surface area contributed by atoms with Crippen LogP contribution in [0.3, 0.4) is 0 Å². The van der Waals surface area contributed by atoms with Crippen LogP contribution in [0.1, 0.15) is 21.6 Å². The molecule has 1 amide bonds. The minimum Gasteiger partial charge on any atom is -0.399 e. The van der Waals surface area contributed by atoms with Gasteiger partial charge in [-0.25, -0.2) is 0 Å². The fourth-order valence-corrected chi connectivity index (χ4v) is 1.59. The Bertz CT molecular complexity index is 593. The Kier molecular flexibility index (Phi) is 3.28. The normalized spacial score (nSPS) is 10.1. The Labute approximate surface area is 106 Å². The van der Waals surface area contributed by atoms with E-state index < -0.39 is 0 Å². The maximum atomic E-state index is 11.9. The molecule has 0 unspecified atom stereocenters. The Morgan fingerprint density at radius 1 is 1.17 bits per heavy atom. The number of aromatic nitrogens is 1. The number of nitrogens with zero attached hydrogens (tertiary/aromatic N) is 1. The van der Waals surface area contributed by atoms with Crippen LogP contribution in [0.15, 0.2) is 36.5 Å². The number of benzene rings is 1. The topological polar surface area (TPSA) is 68.0 Å². The van der Waals surface area contributed by atoms with Crippen molar-refractivity contribution in [3.05, 3.63) is 53.3 Å². The van der Waals surface area contributed by atoms with E-state index in [-0.39, 0.29) is 5.91 Å². The Balaban J connectivity index is 2.18. The molecule has 2 aromatic rings. The van der Waals surface area contributed by atoms with Crippen LogP contribution in [0.4, 0.5) is 11.4 Å². The zero-order valence-corrected chi connectivity index (χ0v) is 10.4. The van der Waals surface area contributed by atoms with Crippen molar-refractivity contribution >= 4 is 17.3 Å². The van der Waals surface area contributed by atoms with Gasteiger partial charge in [-0.15, -0.1) is 0 Å². The second-order valence-corrected chi connectivity index (χ2v) is 4.23. The molecule has 0 spiro atoms. The number of rotatable bonds is 2. The number of nitrogens with two attached hydrogens (primary N) is 1. The largest absolute Gasteiger partial charge is 0.399 e. The molecule has 0 saturated carbocycles. The molecule has 2 rings (SSSR count). The van der Waals surface area contributed by atoms with Crippen molar-refractivity contribution in [1.82, 2.24) is 4.98 Å². The van der Waals surface area contributed by atoms with E-state index in [0.717, 1.165) is 11.3 Å². The Morgan fingerprint density at radius 3 is 2.61 bits per heavy atom. The molecule has 3 N–H and O–H groups in total. The molecular formula is C14H15N3O. The van der Waals surface area contributed by atoms with Crippen LogP contribution >= 0.6 is 0 Å². The third-order valence-corrected chi connectivity index (χ3v) is 2.78. The number of anilines is 2. The minimum atomic E-state index is -0.259. The van der Waals surface area contributed by atoms with Gasteiger partial charge in [0.15, 0.2) is 0 Å². The molecule has 0 aliphatic carbocycles. The molecule has 0 bridgehead atoms. The van der Waals surface area contributed by atoms with Gasteiger partial charge in [-0.3, -0.25) is 9.78 Å². The maximum Gasteiger partial charge on any atom is 0.274 e. The first-order valence-corrected chi connectivity index (χ1v) is 5.66. The number of hydrogen-bond donors (Lipinski definition) is 2. The zero-order valence-electron chi connectivity index (χ0n) is 10.4. The predicted octanol–water partition coefficient (Wildman–Crippen LogP) is 2.53. The molecule has 0 atom stereocenters. The van der Waals surface area contributed by atoms with Crippen molar-refractivity contribution in [3.63, 3.8) is 0 Å². The van der Waals surface area contributed by atoms with Crippen molar-refractivity contribution in [3.8, 4) is 0 Å². The van der Waals surface area contributed by atoms with Gasteiger partial charge in [-0.2, -0.15) is 0 Å². The predicted molar refractivity (Wildman–Crippen MR) is 72.5 cm³/mol. The lowest BCUT2D eigenvalue weighted by Gasteiger charge is -2.07. The van der Waals surface area contributed by atoms with Crippen molar-refractivity contribution in [2.45, 2.75) is 13.8 Å². The standard InChI is InChI=1S/C14H15N3O/c1-9-3-4-12(7-10(9)2)17-14(18)13-8-11(15)5-6-16-13/h3-8H,1-2H3,(H2,15,16)(H,17,18). The molecule has 1 heterocycles. The van der Waals surface area contributed by atoms with E-state index in [1.54, 1.807) is 12.1 Å². The minimum absolute atomic E-state index is 0.259. The van der Waals surface area contributed by atoms with Gasteiger partial charge in [0.1, 0.15) is 5.69 Å². The summed E-state index contributed by atoms with van der Waals surface area (Å²) < 4.78 is 0. The van der Waals surface area contributed by atoms with Crippen LogP contribution in [-0.2, 0) is 0 Å². The van der Waals surface area contributed by atoms with Crippen molar-refractivity contribution in [2.24, 2.45) is 0 Å². The highest BCUT2D eigenvalue weighted by atomic mass is 16.1. The molecular weight excluding hydrogens is 226 g/mol. The van der Waals surface area contributed by atoms with Crippen LogP contribution in [0.5, 0.6) is 0 Å². The molecule has 0 radical (unpaired) electrons. The Hall–Kier alpha value is -2.36. The van der Waals surface area contributed by atoms with E-state index in [9.17, 15) is 4.79 Å². The van der Waals surface area contributed by atoms with E-state index in [1.165, 1.54) is 11.8 Å². The van der Waals surface area contributed by atoms with Gasteiger partial charge in [0, 0.05) is 17.6 Å². The highest BCUT2D eigenvalue weighted by Gasteiger charge is 2.08. The molecule has 18 heavy (non-hydrogen) atoms. The van der Waals surface area contributed by atoms with Crippen LogP contribution in [0.25, 0.3) is 0 Å². The third-order valence-electron chi connectivity index (χ3n) is 2.78. The molecule has 4 heteroatoms. The number of aryl methyl sites for hydroxylation is 2. The van der Waals surface area contributed by atoms with E-state index in [1.807, 2.05) is 32.0 Å². The number of nitrogen functional groups attached to an aromatic ring is 1. The van der Waals surface area contributed by atoms with Crippen molar-refractivity contribution in [2.75, 3.05) is 11.1 Å². The highest BCUT2D eigenvalue weighted by molar-refractivity contribution is 6.03. The number of nitrogens with one attached hydrogen (secondary N) is 1. The van der Waals surface area contributed by atoms with Gasteiger partial charge in [0.05, 0.1) is 0 Å². The van der Waals surface area contributed by atoms with Gasteiger partial charge in [0.25, 0.3) is 5.91 Å². The molecule has 92 valence electrons. The summed E-state index contributed by atoms with van der Waals surface area (Å²) in [5.41, 5.74) is 9.53. The number of hydrogen-bond acceptors (Lipinski definition) is 3. The third kappa shape index (κ3) is 2.66. The summed E-state index contributed by atoms with van der Waals surface area (Å²) in [7, 11) is 0.